The number of hydrogen-bond donors (Lipinski definition) is 2. The molecular formula is C17H16FNO5. The smallest absolute Gasteiger partial charge is 0.339 e. The van der Waals surface area contributed by atoms with E-state index in [9.17, 15) is 14.0 Å². The van der Waals surface area contributed by atoms with Gasteiger partial charge in [0.2, 0.25) is 0 Å². The molecule has 24 heavy (non-hydrogen) atoms. The Hall–Kier alpha value is -2.83. The van der Waals surface area contributed by atoms with Gasteiger partial charge in [0.15, 0.2) is 17.3 Å². The quantitative estimate of drug-likeness (QED) is 0.898. The summed E-state index contributed by atoms with van der Waals surface area (Å²) in [5.74, 6) is -1.87. The molecule has 1 aliphatic heterocycles. The minimum Gasteiger partial charge on any atom is -0.490 e. The molecule has 0 bridgehead atoms. The Balaban J connectivity index is 1.84. The number of hydrogen-bond acceptors (Lipinski definition) is 4. The van der Waals surface area contributed by atoms with Crippen LogP contribution in [0.25, 0.3) is 0 Å². The van der Waals surface area contributed by atoms with Crippen molar-refractivity contribution in [3.8, 4) is 5.75 Å². The number of benzene rings is 1. The lowest BCUT2D eigenvalue weighted by molar-refractivity contribution is 0.0694. The zero-order chi connectivity index (χ0) is 17.3. The van der Waals surface area contributed by atoms with Crippen molar-refractivity contribution in [2.24, 2.45) is 0 Å². The lowest BCUT2D eigenvalue weighted by Gasteiger charge is -2.26. The molecule has 1 aromatic heterocycles. The van der Waals surface area contributed by atoms with E-state index in [-0.39, 0.29) is 29.4 Å². The van der Waals surface area contributed by atoms with Crippen molar-refractivity contribution in [1.82, 2.24) is 5.32 Å². The van der Waals surface area contributed by atoms with Gasteiger partial charge in [0.1, 0.15) is 11.3 Å². The maximum absolute atomic E-state index is 13.8. The number of ether oxygens (including phenoxy) is 1. The van der Waals surface area contributed by atoms with Gasteiger partial charge in [-0.2, -0.15) is 0 Å². The summed E-state index contributed by atoms with van der Waals surface area (Å²) in [6.07, 6.45) is 0.843. The standard InChI is InChI=1S/C17H16FNO5/c1-2-13-10(17(21)22)8-14(24-13)16(20)19-12-6-7-23-15-9(12)4-3-5-11(15)18/h3-5,8,12H,2,6-7H2,1H3,(H,19,20)(H,21,22)/t12-/m0/s1. The fourth-order valence-corrected chi connectivity index (χ4v) is 2.75. The third-order valence-corrected chi connectivity index (χ3v) is 3.92. The summed E-state index contributed by atoms with van der Waals surface area (Å²) in [6.45, 7) is 2.02. The fourth-order valence-electron chi connectivity index (χ4n) is 2.75. The molecule has 7 heteroatoms. The van der Waals surface area contributed by atoms with E-state index in [1.807, 2.05) is 0 Å². The average molecular weight is 333 g/mol. The zero-order valence-electron chi connectivity index (χ0n) is 13.0. The van der Waals surface area contributed by atoms with E-state index in [1.165, 1.54) is 12.1 Å². The molecule has 0 radical (unpaired) electrons. The summed E-state index contributed by atoms with van der Waals surface area (Å²) in [7, 11) is 0. The highest BCUT2D eigenvalue weighted by Gasteiger charge is 2.27. The van der Waals surface area contributed by atoms with Crippen molar-refractivity contribution < 1.29 is 28.2 Å². The predicted molar refractivity (Wildman–Crippen MR) is 81.8 cm³/mol. The van der Waals surface area contributed by atoms with E-state index < -0.39 is 23.7 Å². The number of carbonyl (C=O) groups is 2. The number of aromatic carboxylic acids is 1. The molecule has 0 spiro atoms. The number of aryl methyl sites for hydroxylation is 1. The van der Waals surface area contributed by atoms with Gasteiger partial charge in [0.05, 0.1) is 12.6 Å². The summed E-state index contributed by atoms with van der Waals surface area (Å²) in [6, 6.07) is 5.31. The van der Waals surface area contributed by atoms with Crippen LogP contribution in [0, 0.1) is 5.82 Å². The molecule has 1 amide bonds. The minimum absolute atomic E-state index is 0.0268. The largest absolute Gasteiger partial charge is 0.490 e. The van der Waals surface area contributed by atoms with Crippen LogP contribution in [0.15, 0.2) is 28.7 Å². The number of halogens is 1. The molecule has 126 valence electrons. The van der Waals surface area contributed by atoms with Crippen LogP contribution < -0.4 is 10.1 Å². The van der Waals surface area contributed by atoms with Crippen molar-refractivity contribution in [3.05, 3.63) is 52.7 Å². The van der Waals surface area contributed by atoms with Crippen LogP contribution in [-0.4, -0.2) is 23.6 Å². The Kier molecular flexibility index (Phi) is 4.24. The molecule has 3 rings (SSSR count). The van der Waals surface area contributed by atoms with Crippen molar-refractivity contribution in [3.63, 3.8) is 0 Å². The highest BCUT2D eigenvalue weighted by molar-refractivity contribution is 5.96. The average Bonchev–Trinajstić information content (AvgIpc) is 3.00. The predicted octanol–water partition coefficient (Wildman–Crippen LogP) is 2.93. The Morgan fingerprint density at radius 3 is 2.88 bits per heavy atom. The first-order valence-corrected chi connectivity index (χ1v) is 7.59. The van der Waals surface area contributed by atoms with Gasteiger partial charge in [-0.25, -0.2) is 9.18 Å². The molecule has 1 atom stereocenters. The number of carboxylic acid groups (broad SMARTS) is 1. The van der Waals surface area contributed by atoms with Gasteiger partial charge in [0, 0.05) is 24.5 Å². The van der Waals surface area contributed by atoms with Gasteiger partial charge in [-0.1, -0.05) is 19.1 Å². The normalized spacial score (nSPS) is 16.2. The van der Waals surface area contributed by atoms with Crippen LogP contribution in [0.3, 0.4) is 0 Å². The van der Waals surface area contributed by atoms with Crippen LogP contribution >= 0.6 is 0 Å². The number of carboxylic acids is 1. The highest BCUT2D eigenvalue weighted by atomic mass is 19.1. The number of nitrogens with one attached hydrogen (secondary N) is 1. The molecule has 2 N–H and O–H groups in total. The van der Waals surface area contributed by atoms with Crippen LogP contribution in [0.2, 0.25) is 0 Å². The minimum atomic E-state index is -1.15. The monoisotopic (exact) mass is 333 g/mol. The Morgan fingerprint density at radius 2 is 2.21 bits per heavy atom. The van der Waals surface area contributed by atoms with Gasteiger partial charge < -0.3 is 19.6 Å². The maximum Gasteiger partial charge on any atom is 0.339 e. The number of fused-ring (bicyclic) bond motifs is 1. The van der Waals surface area contributed by atoms with Crippen molar-refractivity contribution >= 4 is 11.9 Å². The molecular weight excluding hydrogens is 317 g/mol. The van der Waals surface area contributed by atoms with Gasteiger partial charge in [-0.05, 0) is 6.07 Å². The molecule has 0 unspecified atom stereocenters. The Labute approximate surface area is 137 Å². The van der Waals surface area contributed by atoms with E-state index in [0.29, 0.717) is 18.4 Å². The Morgan fingerprint density at radius 1 is 1.42 bits per heavy atom. The van der Waals surface area contributed by atoms with Crippen LogP contribution in [0.1, 0.15) is 51.6 Å². The van der Waals surface area contributed by atoms with Gasteiger partial charge in [-0.15, -0.1) is 0 Å². The molecule has 6 nitrogen and oxygen atoms in total. The lowest BCUT2D eigenvalue weighted by Crippen LogP contribution is -2.32. The summed E-state index contributed by atoms with van der Waals surface area (Å²) in [5, 5.41) is 11.9. The second-order valence-corrected chi connectivity index (χ2v) is 5.43. The Bertz CT molecular complexity index is 798. The van der Waals surface area contributed by atoms with Gasteiger partial charge in [-0.3, -0.25) is 4.79 Å². The van der Waals surface area contributed by atoms with Crippen molar-refractivity contribution in [1.29, 1.82) is 0 Å². The van der Waals surface area contributed by atoms with Gasteiger partial charge >= 0.3 is 5.97 Å². The van der Waals surface area contributed by atoms with Crippen molar-refractivity contribution in [2.45, 2.75) is 25.8 Å². The first kappa shape index (κ1) is 16.0. The highest BCUT2D eigenvalue weighted by Crippen LogP contribution is 2.34. The van der Waals surface area contributed by atoms with Crippen molar-refractivity contribution in [2.75, 3.05) is 6.61 Å². The zero-order valence-corrected chi connectivity index (χ0v) is 13.0. The van der Waals surface area contributed by atoms with E-state index in [0.717, 1.165) is 0 Å². The van der Waals surface area contributed by atoms with Gasteiger partial charge in [0.25, 0.3) is 5.91 Å². The number of carbonyl (C=O) groups excluding carboxylic acids is 1. The van der Waals surface area contributed by atoms with Crippen LogP contribution in [-0.2, 0) is 6.42 Å². The number of para-hydroxylation sites is 1. The summed E-state index contributed by atoms with van der Waals surface area (Å²) in [5.41, 5.74) is 0.524. The molecule has 2 aromatic rings. The van der Waals surface area contributed by atoms with Crippen LogP contribution in [0.5, 0.6) is 5.75 Å². The van der Waals surface area contributed by atoms with E-state index >= 15 is 0 Å². The third-order valence-electron chi connectivity index (χ3n) is 3.92. The SMILES string of the molecule is CCc1oc(C(=O)N[C@H]2CCOc3c(F)cccc32)cc1C(=O)O. The second kappa shape index (κ2) is 6.35. The first-order valence-electron chi connectivity index (χ1n) is 7.59. The number of rotatable bonds is 4. The number of furan rings is 1. The summed E-state index contributed by atoms with van der Waals surface area (Å²) in [4.78, 5) is 23.5. The third kappa shape index (κ3) is 2.84. The van der Waals surface area contributed by atoms with Crippen LogP contribution in [0.4, 0.5) is 4.39 Å². The molecule has 0 aliphatic carbocycles. The first-order chi connectivity index (χ1) is 11.5. The molecule has 1 aromatic carbocycles. The fraction of sp³-hybridized carbons (Fsp3) is 0.294. The topological polar surface area (TPSA) is 88.8 Å². The molecule has 2 heterocycles. The summed E-state index contributed by atoms with van der Waals surface area (Å²) < 4.78 is 24.4. The maximum atomic E-state index is 13.8. The molecule has 0 fully saturated rings. The second-order valence-electron chi connectivity index (χ2n) is 5.43. The summed E-state index contributed by atoms with van der Waals surface area (Å²) >= 11 is 0. The van der Waals surface area contributed by atoms with E-state index in [4.69, 9.17) is 14.3 Å². The lowest BCUT2D eigenvalue weighted by atomic mass is 10.00. The number of amides is 1. The molecule has 1 aliphatic rings. The van der Waals surface area contributed by atoms with E-state index in [2.05, 4.69) is 5.32 Å². The molecule has 0 saturated carbocycles. The van der Waals surface area contributed by atoms with E-state index in [1.54, 1.807) is 19.1 Å². The molecule has 0 saturated heterocycles.